The maximum atomic E-state index is 14.3. The van der Waals surface area contributed by atoms with Crippen molar-refractivity contribution in [2.45, 2.75) is 83.3 Å². The number of carboxylic acid groups (broad SMARTS) is 1. The second-order valence-electron chi connectivity index (χ2n) is 17.5. The molecule has 16 nitrogen and oxygen atoms in total. The summed E-state index contributed by atoms with van der Waals surface area (Å²) in [5.41, 5.74) is 6.93. The van der Waals surface area contributed by atoms with Gasteiger partial charge in [-0.1, -0.05) is 68.8 Å². The molecule has 5 heterocycles. The van der Waals surface area contributed by atoms with E-state index in [2.05, 4.69) is 44.9 Å². The van der Waals surface area contributed by atoms with Crippen molar-refractivity contribution in [2.24, 2.45) is 11.8 Å². The van der Waals surface area contributed by atoms with Gasteiger partial charge in [0, 0.05) is 36.6 Å². The van der Waals surface area contributed by atoms with Gasteiger partial charge in [-0.15, -0.1) is 0 Å². The van der Waals surface area contributed by atoms with Crippen molar-refractivity contribution >= 4 is 45.8 Å². The van der Waals surface area contributed by atoms with Gasteiger partial charge < -0.3 is 49.7 Å². The summed E-state index contributed by atoms with van der Waals surface area (Å²) in [6, 6.07) is 20.8. The highest BCUT2D eigenvalue weighted by Gasteiger charge is 2.43. The van der Waals surface area contributed by atoms with Crippen molar-refractivity contribution in [1.29, 1.82) is 0 Å². The lowest BCUT2D eigenvalue weighted by Gasteiger charge is -2.33. The fraction of sp³-hybridized carbons (Fsp3) is 0.388. The SMILES string of the molecule is CC[C@H](C)[C@H](NC(=O)OC)C(=O)N1[C@@H](C)CC[C@H]1c1ncc(-c2ccc3c(c2)COc2cc4c(ccc5nc([C@@H]6C[C@H](COC)CN6C(=O)[C@H](NC(=O)O)c6ccccc6)[nH]c54)cc2-3)[nH]1. The van der Waals surface area contributed by atoms with Gasteiger partial charge in [0.05, 0.1) is 48.7 Å². The molecule has 0 bridgehead atoms. The van der Waals surface area contributed by atoms with E-state index in [0.717, 1.165) is 68.3 Å². The van der Waals surface area contributed by atoms with E-state index in [1.807, 2.05) is 56.1 Å². The molecule has 2 saturated heterocycles. The van der Waals surface area contributed by atoms with Crippen LogP contribution in [-0.4, -0.2) is 98.3 Å². The molecule has 7 atom stereocenters. The summed E-state index contributed by atoms with van der Waals surface area (Å²) in [6.07, 6.45) is 2.76. The molecule has 3 aliphatic heterocycles. The Morgan fingerprint density at radius 2 is 1.75 bits per heavy atom. The first-order valence-corrected chi connectivity index (χ1v) is 22.2. The Kier molecular flexibility index (Phi) is 11.9. The lowest BCUT2D eigenvalue weighted by atomic mass is 9.92. The monoisotopic (exact) mass is 882 g/mol. The number of nitrogens with one attached hydrogen (secondary N) is 4. The van der Waals surface area contributed by atoms with Crippen LogP contribution < -0.4 is 15.4 Å². The standard InChI is InChI=1S/C49H54N8O8/c1-6-26(2)41(55-49(62)64-5)47(59)57-27(3)12-17-38(57)44-50-22-37(52-44)31-13-15-33-32(19-31)25-65-40-21-34-30(20-35(33)40)14-16-36-43(34)53-45(51-36)39-18-28(24-63-4)23-56(39)46(58)42(54-48(60)61)29-10-8-7-9-11-29/h7-11,13-16,19-22,26-28,38-39,41-42,54H,6,12,17-18,23-25H2,1-5H3,(H,50,52)(H,51,53)(H,55,62)(H,60,61)/t26-,27-,28-,38-,39-,41-,42+/m0/s1. The van der Waals surface area contributed by atoms with Crippen LogP contribution in [-0.2, 0) is 25.7 Å². The number of fused-ring (bicyclic) bond motifs is 6. The number of hydrogen-bond acceptors (Lipinski definition) is 9. The summed E-state index contributed by atoms with van der Waals surface area (Å²) in [6.45, 7) is 7.17. The maximum absolute atomic E-state index is 14.3. The van der Waals surface area contributed by atoms with Crippen molar-refractivity contribution in [1.82, 2.24) is 40.4 Å². The fourth-order valence-corrected chi connectivity index (χ4v) is 9.95. The third-order valence-corrected chi connectivity index (χ3v) is 13.5. The molecule has 3 aliphatic rings. The summed E-state index contributed by atoms with van der Waals surface area (Å²) in [5, 5.41) is 16.8. The van der Waals surface area contributed by atoms with Crippen LogP contribution in [0.3, 0.4) is 0 Å². The van der Waals surface area contributed by atoms with Crippen LogP contribution in [0.2, 0.25) is 0 Å². The molecule has 4 amide bonds. The van der Waals surface area contributed by atoms with Gasteiger partial charge in [0.25, 0.3) is 5.91 Å². The Balaban J connectivity index is 0.979. The minimum Gasteiger partial charge on any atom is -0.488 e. The highest BCUT2D eigenvalue weighted by molar-refractivity contribution is 6.07. The lowest BCUT2D eigenvalue weighted by molar-refractivity contribution is -0.137. The maximum Gasteiger partial charge on any atom is 0.407 e. The summed E-state index contributed by atoms with van der Waals surface area (Å²) in [7, 11) is 2.93. The first-order chi connectivity index (χ1) is 31.5. The first-order valence-electron chi connectivity index (χ1n) is 22.2. The molecule has 2 fully saturated rings. The number of rotatable bonds is 12. The topological polar surface area (TPSA) is 204 Å². The lowest BCUT2D eigenvalue weighted by Crippen LogP contribution is -2.53. The Morgan fingerprint density at radius 1 is 0.938 bits per heavy atom. The zero-order valence-electron chi connectivity index (χ0n) is 37.1. The van der Waals surface area contributed by atoms with Gasteiger partial charge in [-0.25, -0.2) is 19.6 Å². The van der Waals surface area contributed by atoms with E-state index in [0.29, 0.717) is 49.8 Å². The Bertz CT molecular complexity index is 2770. The quantitative estimate of drug-likeness (QED) is 0.0801. The summed E-state index contributed by atoms with van der Waals surface area (Å²) < 4.78 is 16.8. The van der Waals surface area contributed by atoms with Gasteiger partial charge in [-0.05, 0) is 84.0 Å². The van der Waals surface area contributed by atoms with Gasteiger partial charge in [0.15, 0.2) is 0 Å². The van der Waals surface area contributed by atoms with Gasteiger partial charge >= 0.3 is 12.2 Å². The number of carbonyl (C=O) groups is 4. The van der Waals surface area contributed by atoms with Crippen molar-refractivity contribution in [3.8, 4) is 28.1 Å². The molecule has 16 heteroatoms. The van der Waals surface area contributed by atoms with Crippen LogP contribution in [0.15, 0.2) is 79.0 Å². The third-order valence-electron chi connectivity index (χ3n) is 13.5. The number of carbonyl (C=O) groups excluding carboxylic acids is 3. The van der Waals surface area contributed by atoms with Crippen molar-refractivity contribution in [2.75, 3.05) is 27.4 Å². The number of amides is 4. The van der Waals surface area contributed by atoms with Crippen molar-refractivity contribution in [3.05, 3.63) is 102 Å². The Labute approximate surface area is 376 Å². The smallest absolute Gasteiger partial charge is 0.407 e. The van der Waals surface area contributed by atoms with Gasteiger partial charge in [-0.2, -0.15) is 0 Å². The predicted molar refractivity (Wildman–Crippen MR) is 243 cm³/mol. The summed E-state index contributed by atoms with van der Waals surface area (Å²) in [4.78, 5) is 72.9. The molecule has 65 heavy (non-hydrogen) atoms. The van der Waals surface area contributed by atoms with Crippen molar-refractivity contribution < 1.29 is 38.5 Å². The number of H-pyrrole nitrogens is 2. The number of imidazole rings is 2. The molecule has 9 rings (SSSR count). The van der Waals surface area contributed by atoms with Crippen LogP contribution in [0, 0.1) is 11.8 Å². The number of nitrogens with zero attached hydrogens (tertiary/aromatic N) is 4. The highest BCUT2D eigenvalue weighted by Crippen LogP contribution is 2.44. The average Bonchev–Trinajstić information content (AvgIpc) is 4.15. The Morgan fingerprint density at radius 3 is 2.51 bits per heavy atom. The van der Waals surface area contributed by atoms with E-state index in [-0.39, 0.29) is 35.7 Å². The minimum absolute atomic E-state index is 0.0271. The predicted octanol–water partition coefficient (Wildman–Crippen LogP) is 8.03. The molecule has 0 unspecified atom stereocenters. The van der Waals surface area contributed by atoms with E-state index in [1.54, 1.807) is 36.3 Å². The van der Waals surface area contributed by atoms with E-state index < -0.39 is 30.3 Å². The molecular formula is C49H54N8O8. The number of ether oxygens (including phenoxy) is 3. The zero-order chi connectivity index (χ0) is 45.5. The second kappa shape index (κ2) is 17.9. The van der Waals surface area contributed by atoms with E-state index >= 15 is 0 Å². The highest BCUT2D eigenvalue weighted by atomic mass is 16.5. The molecule has 338 valence electrons. The number of aromatic nitrogens is 4. The van der Waals surface area contributed by atoms with Crippen LogP contribution in [0.25, 0.3) is 44.2 Å². The van der Waals surface area contributed by atoms with E-state index in [9.17, 15) is 24.3 Å². The summed E-state index contributed by atoms with van der Waals surface area (Å²) >= 11 is 0. The normalized spacial score (nSPS) is 20.4. The Hall–Kier alpha value is -6.94. The molecular weight excluding hydrogens is 829 g/mol. The average molecular weight is 883 g/mol. The molecule has 0 spiro atoms. The number of benzene rings is 4. The van der Waals surface area contributed by atoms with Crippen molar-refractivity contribution in [3.63, 3.8) is 0 Å². The van der Waals surface area contributed by atoms with Gasteiger partial charge in [-0.3, -0.25) is 9.59 Å². The van der Waals surface area contributed by atoms with E-state index in [1.165, 1.54) is 7.11 Å². The largest absolute Gasteiger partial charge is 0.488 e. The number of aromatic amines is 2. The third kappa shape index (κ3) is 8.22. The van der Waals surface area contributed by atoms with E-state index in [4.69, 9.17) is 24.2 Å². The minimum atomic E-state index is -1.28. The molecule has 0 saturated carbocycles. The first kappa shape index (κ1) is 43.3. The number of hydrogen-bond donors (Lipinski definition) is 5. The molecule has 2 aromatic heterocycles. The van der Waals surface area contributed by atoms with Gasteiger partial charge in [0.2, 0.25) is 5.91 Å². The number of methoxy groups -OCH3 is 2. The number of alkyl carbamates (subject to hydrolysis) is 1. The van der Waals surface area contributed by atoms with Crippen LogP contribution in [0.5, 0.6) is 5.75 Å². The van der Waals surface area contributed by atoms with Crippen LogP contribution >= 0.6 is 0 Å². The zero-order valence-corrected chi connectivity index (χ0v) is 37.1. The van der Waals surface area contributed by atoms with Crippen LogP contribution in [0.4, 0.5) is 9.59 Å². The molecule has 0 radical (unpaired) electrons. The van der Waals surface area contributed by atoms with Gasteiger partial charge in [0.1, 0.15) is 36.1 Å². The molecule has 6 aromatic rings. The second-order valence-corrected chi connectivity index (χ2v) is 17.5. The summed E-state index contributed by atoms with van der Waals surface area (Å²) in [5.74, 6) is 1.50. The molecule has 4 aromatic carbocycles. The molecule has 0 aliphatic carbocycles. The fourth-order valence-electron chi connectivity index (χ4n) is 9.95. The number of likely N-dealkylation sites (tertiary alicyclic amines) is 2. The van der Waals surface area contributed by atoms with Crippen LogP contribution in [0.1, 0.15) is 87.4 Å². The molecule has 5 N–H and O–H groups in total.